The number of hydrogen-bond donors (Lipinski definition) is 3. The minimum atomic E-state index is -0.196. The Labute approximate surface area is 227 Å². The van der Waals surface area contributed by atoms with Gasteiger partial charge in [0.05, 0.1) is 17.7 Å². The number of aryl methyl sites for hydroxylation is 1. The first-order valence-electron chi connectivity index (χ1n) is 13.5. The largest absolute Gasteiger partial charge is 0.493 e. The quantitative estimate of drug-likeness (QED) is 0.338. The number of H-pyrrole nitrogens is 1. The first-order chi connectivity index (χ1) is 18.8. The fraction of sp³-hybridized carbons (Fsp3) is 0.483. The Morgan fingerprint density at radius 2 is 1.74 bits per heavy atom. The summed E-state index contributed by atoms with van der Waals surface area (Å²) in [4.78, 5) is 49.8. The number of aromatic nitrogens is 3. The second-order valence-corrected chi connectivity index (χ2v) is 10.6. The average Bonchev–Trinajstić information content (AvgIpc) is 3.68. The van der Waals surface area contributed by atoms with Crippen LogP contribution in [-0.2, 0) is 9.53 Å². The molecular formula is C29H35N5O5. The van der Waals surface area contributed by atoms with Crippen molar-refractivity contribution < 1.29 is 23.9 Å². The number of carbonyl (C=O) groups is 3. The molecule has 206 valence electrons. The maximum absolute atomic E-state index is 13.4. The Morgan fingerprint density at radius 3 is 2.41 bits per heavy atom. The molecule has 1 aromatic carbocycles. The van der Waals surface area contributed by atoms with Crippen molar-refractivity contribution in [1.29, 1.82) is 0 Å². The molecule has 39 heavy (non-hydrogen) atoms. The van der Waals surface area contributed by atoms with E-state index in [2.05, 4.69) is 25.6 Å². The summed E-state index contributed by atoms with van der Waals surface area (Å²) in [5, 5.41) is 6.14. The van der Waals surface area contributed by atoms with E-state index in [0.717, 1.165) is 38.5 Å². The van der Waals surface area contributed by atoms with Gasteiger partial charge in [-0.25, -0.2) is 9.97 Å². The van der Waals surface area contributed by atoms with E-state index in [-0.39, 0.29) is 36.3 Å². The van der Waals surface area contributed by atoms with E-state index in [4.69, 9.17) is 9.47 Å². The molecule has 5 rings (SSSR count). The number of methoxy groups -OCH3 is 1. The predicted octanol–water partition coefficient (Wildman–Crippen LogP) is 3.73. The molecule has 10 heteroatoms. The number of hydrogen-bond acceptors (Lipinski definition) is 7. The van der Waals surface area contributed by atoms with Crippen LogP contribution in [0.4, 0.5) is 0 Å². The molecule has 0 atom stereocenters. The molecule has 0 spiro atoms. The van der Waals surface area contributed by atoms with Gasteiger partial charge in [-0.15, -0.1) is 0 Å². The molecule has 2 heterocycles. The molecule has 2 aromatic heterocycles. The average molecular weight is 534 g/mol. The molecule has 0 unspecified atom stereocenters. The van der Waals surface area contributed by atoms with Crippen molar-refractivity contribution in [1.82, 2.24) is 25.6 Å². The van der Waals surface area contributed by atoms with Crippen LogP contribution in [0.25, 0.3) is 22.3 Å². The Hall–Kier alpha value is -3.79. The van der Waals surface area contributed by atoms with Crippen molar-refractivity contribution in [3.8, 4) is 17.0 Å². The van der Waals surface area contributed by atoms with Gasteiger partial charge in [0.25, 0.3) is 5.91 Å². The Balaban J connectivity index is 1.37. The van der Waals surface area contributed by atoms with Crippen molar-refractivity contribution >= 4 is 28.6 Å². The van der Waals surface area contributed by atoms with Crippen LogP contribution in [-0.4, -0.2) is 65.0 Å². The number of aromatic amines is 1. The van der Waals surface area contributed by atoms with Crippen molar-refractivity contribution in [2.75, 3.05) is 20.3 Å². The standard InChI is InChI=1S/C29H35N5O5/c1-16-25(29(37)34-21-9-7-20(8-10-21)33-24(36)14-38-3)27-28(32-16)26(30-15-31-27)22-12-19(17(2)35)6-11-23(22)39-13-18-4-5-18/h6,11-12,15,18,20-21,32H,4-5,7-10,13-14H2,1-3H3,(H,33,36)(H,34,37)/t20-,21-. The molecule has 0 bridgehead atoms. The Kier molecular flexibility index (Phi) is 7.92. The van der Waals surface area contributed by atoms with E-state index in [1.807, 2.05) is 13.0 Å². The first-order valence-corrected chi connectivity index (χ1v) is 13.5. The van der Waals surface area contributed by atoms with Gasteiger partial charge in [0, 0.05) is 36.0 Å². The lowest BCUT2D eigenvalue weighted by atomic mass is 9.91. The molecule has 2 amide bonds. The van der Waals surface area contributed by atoms with Crippen LogP contribution >= 0.6 is 0 Å². The van der Waals surface area contributed by atoms with Gasteiger partial charge in [0.15, 0.2) is 5.78 Å². The summed E-state index contributed by atoms with van der Waals surface area (Å²) in [7, 11) is 1.50. The van der Waals surface area contributed by atoms with Gasteiger partial charge in [0.1, 0.15) is 29.9 Å². The summed E-state index contributed by atoms with van der Waals surface area (Å²) in [6, 6.07) is 5.48. The van der Waals surface area contributed by atoms with Gasteiger partial charge in [-0.05, 0) is 76.5 Å². The Bertz CT molecular complexity index is 1390. The smallest absolute Gasteiger partial charge is 0.255 e. The highest BCUT2D eigenvalue weighted by Gasteiger charge is 2.28. The highest BCUT2D eigenvalue weighted by molar-refractivity contribution is 6.09. The molecule has 0 saturated heterocycles. The van der Waals surface area contributed by atoms with Crippen LogP contribution in [0.15, 0.2) is 24.5 Å². The molecule has 2 aliphatic carbocycles. The number of carbonyl (C=O) groups excluding carboxylic acids is 3. The third kappa shape index (κ3) is 6.11. The van der Waals surface area contributed by atoms with E-state index >= 15 is 0 Å². The zero-order chi connectivity index (χ0) is 27.5. The maximum Gasteiger partial charge on any atom is 0.255 e. The third-order valence-electron chi connectivity index (χ3n) is 7.51. The molecule has 0 aliphatic heterocycles. The zero-order valence-corrected chi connectivity index (χ0v) is 22.6. The molecular weight excluding hydrogens is 498 g/mol. The second kappa shape index (κ2) is 11.5. The molecule has 0 radical (unpaired) electrons. The zero-order valence-electron chi connectivity index (χ0n) is 22.6. The number of Topliss-reactive ketones (excluding diaryl/α,β-unsaturated/α-hetero) is 1. The lowest BCUT2D eigenvalue weighted by Gasteiger charge is -2.29. The van der Waals surface area contributed by atoms with Gasteiger partial charge in [-0.3, -0.25) is 14.4 Å². The number of rotatable bonds is 10. The van der Waals surface area contributed by atoms with Gasteiger partial charge < -0.3 is 25.1 Å². The lowest BCUT2D eigenvalue weighted by molar-refractivity contribution is -0.125. The number of ether oxygens (including phenoxy) is 2. The van der Waals surface area contributed by atoms with E-state index in [0.29, 0.717) is 57.4 Å². The molecule has 2 aliphatic rings. The monoisotopic (exact) mass is 533 g/mol. The molecule has 2 fully saturated rings. The summed E-state index contributed by atoms with van der Waals surface area (Å²) >= 11 is 0. The lowest BCUT2D eigenvalue weighted by Crippen LogP contribution is -2.44. The van der Waals surface area contributed by atoms with Crippen molar-refractivity contribution in [2.24, 2.45) is 5.92 Å². The van der Waals surface area contributed by atoms with Crippen LogP contribution in [0, 0.1) is 12.8 Å². The van der Waals surface area contributed by atoms with Crippen LogP contribution in [0.5, 0.6) is 5.75 Å². The van der Waals surface area contributed by atoms with Gasteiger partial charge in [0.2, 0.25) is 5.91 Å². The van der Waals surface area contributed by atoms with Crippen molar-refractivity contribution in [3.63, 3.8) is 0 Å². The Morgan fingerprint density at radius 1 is 1.03 bits per heavy atom. The minimum absolute atomic E-state index is 0.00779. The second-order valence-electron chi connectivity index (χ2n) is 10.6. The van der Waals surface area contributed by atoms with Gasteiger partial charge >= 0.3 is 0 Å². The number of nitrogens with zero attached hydrogens (tertiary/aromatic N) is 2. The topological polar surface area (TPSA) is 135 Å². The SMILES string of the molecule is COCC(=O)N[C@H]1CC[C@H](NC(=O)c2c(C)[nH]c3c(-c4cc(C(C)=O)ccc4OCC4CC4)ncnc23)CC1. The fourth-order valence-electron chi connectivity index (χ4n) is 5.20. The summed E-state index contributed by atoms with van der Waals surface area (Å²) < 4.78 is 11.0. The van der Waals surface area contributed by atoms with Crippen molar-refractivity contribution in [2.45, 2.75) is 64.5 Å². The summed E-state index contributed by atoms with van der Waals surface area (Å²) in [5.41, 5.74) is 4.16. The number of nitrogens with one attached hydrogen (secondary N) is 3. The number of fused-ring (bicyclic) bond motifs is 1. The normalized spacial score (nSPS) is 19.1. The van der Waals surface area contributed by atoms with E-state index in [1.54, 1.807) is 12.1 Å². The minimum Gasteiger partial charge on any atom is -0.493 e. The van der Waals surface area contributed by atoms with Gasteiger partial charge in [-0.2, -0.15) is 0 Å². The van der Waals surface area contributed by atoms with Crippen LogP contribution in [0.2, 0.25) is 0 Å². The molecule has 2 saturated carbocycles. The van der Waals surface area contributed by atoms with Crippen LogP contribution in [0.1, 0.15) is 71.9 Å². The van der Waals surface area contributed by atoms with Gasteiger partial charge in [-0.1, -0.05) is 0 Å². The highest BCUT2D eigenvalue weighted by Crippen LogP contribution is 2.37. The number of ketones is 1. The summed E-state index contributed by atoms with van der Waals surface area (Å²) in [6.07, 6.45) is 6.88. The number of benzene rings is 1. The highest BCUT2D eigenvalue weighted by atomic mass is 16.5. The summed E-state index contributed by atoms with van der Waals surface area (Å²) in [5.74, 6) is 0.851. The van der Waals surface area contributed by atoms with E-state index in [9.17, 15) is 14.4 Å². The van der Waals surface area contributed by atoms with Crippen LogP contribution in [0.3, 0.4) is 0 Å². The fourth-order valence-corrected chi connectivity index (χ4v) is 5.20. The van der Waals surface area contributed by atoms with Crippen LogP contribution < -0.4 is 15.4 Å². The van der Waals surface area contributed by atoms with Crippen molar-refractivity contribution in [3.05, 3.63) is 41.3 Å². The predicted molar refractivity (Wildman–Crippen MR) is 146 cm³/mol. The summed E-state index contributed by atoms with van der Waals surface area (Å²) in [6.45, 7) is 4.05. The molecule has 10 nitrogen and oxygen atoms in total. The molecule has 3 N–H and O–H groups in total. The van der Waals surface area contributed by atoms with E-state index < -0.39 is 0 Å². The van der Waals surface area contributed by atoms with E-state index in [1.165, 1.54) is 20.4 Å². The molecule has 3 aromatic rings. The first kappa shape index (κ1) is 26.8. The number of amides is 2. The maximum atomic E-state index is 13.4. The third-order valence-corrected chi connectivity index (χ3v) is 7.51.